The lowest BCUT2D eigenvalue weighted by Gasteiger charge is -2.17. The average molecular weight is 726 g/mol. The predicted octanol–water partition coefficient (Wildman–Crippen LogP) is 14.3. The van der Waals surface area contributed by atoms with Crippen LogP contribution in [0.25, 0.3) is 105 Å². The van der Waals surface area contributed by atoms with Crippen molar-refractivity contribution in [2.45, 2.75) is 0 Å². The Morgan fingerprint density at radius 1 is 0.228 bits per heavy atom. The summed E-state index contributed by atoms with van der Waals surface area (Å²) in [7, 11) is 0. The Bertz CT molecular complexity index is 3450. The molecule has 12 rings (SSSR count). The third-order valence-electron chi connectivity index (χ3n) is 11.8. The summed E-state index contributed by atoms with van der Waals surface area (Å²) in [5, 5.41) is 7.42. The Kier molecular flexibility index (Phi) is 6.93. The molecule has 3 heterocycles. The molecule has 0 aliphatic heterocycles. The van der Waals surface area contributed by atoms with Crippen molar-refractivity contribution < 1.29 is 0 Å². The average Bonchev–Trinajstić information content (AvgIpc) is 3.93. The third-order valence-corrected chi connectivity index (χ3v) is 11.8. The normalized spacial score (nSPS) is 11.9. The topological polar surface area (TPSA) is 14.8 Å². The summed E-state index contributed by atoms with van der Waals surface area (Å²) in [6.07, 6.45) is 0. The van der Waals surface area contributed by atoms with Crippen molar-refractivity contribution in [3.8, 4) is 39.3 Å². The number of hydrogen-bond donors (Lipinski definition) is 0. The molecule has 0 fully saturated rings. The first-order valence-electron chi connectivity index (χ1n) is 19.6. The molecular formula is C54H35N3. The van der Waals surface area contributed by atoms with Gasteiger partial charge in [-0.3, -0.25) is 0 Å². The minimum atomic E-state index is 1.13. The molecule has 0 aliphatic rings. The van der Waals surface area contributed by atoms with E-state index in [-0.39, 0.29) is 0 Å². The second-order valence-corrected chi connectivity index (χ2v) is 14.9. The number of aromatic nitrogens is 3. The Morgan fingerprint density at radius 2 is 0.596 bits per heavy atom. The molecule has 0 spiro atoms. The lowest BCUT2D eigenvalue weighted by Crippen LogP contribution is -2.03. The fourth-order valence-electron chi connectivity index (χ4n) is 9.37. The first-order chi connectivity index (χ1) is 28.3. The molecule has 57 heavy (non-hydrogen) atoms. The quantitative estimate of drug-likeness (QED) is 0.168. The summed E-state index contributed by atoms with van der Waals surface area (Å²) in [4.78, 5) is 0. The smallest absolute Gasteiger partial charge is 0.0783 e. The second kappa shape index (κ2) is 12.5. The van der Waals surface area contributed by atoms with Gasteiger partial charge in [-0.15, -0.1) is 0 Å². The van der Waals surface area contributed by atoms with Crippen LogP contribution in [-0.2, 0) is 0 Å². The molecule has 0 unspecified atom stereocenters. The van der Waals surface area contributed by atoms with Crippen LogP contribution < -0.4 is 0 Å². The summed E-state index contributed by atoms with van der Waals surface area (Å²) >= 11 is 0. The minimum absolute atomic E-state index is 1.13. The van der Waals surface area contributed by atoms with E-state index >= 15 is 0 Å². The molecule has 0 saturated heterocycles. The molecule has 0 N–H and O–H groups in total. The van der Waals surface area contributed by atoms with Gasteiger partial charge in [0.1, 0.15) is 0 Å². The van der Waals surface area contributed by atoms with E-state index in [4.69, 9.17) is 0 Å². The number of hydrogen-bond acceptors (Lipinski definition) is 0. The van der Waals surface area contributed by atoms with Crippen LogP contribution in [0.2, 0.25) is 0 Å². The molecule has 266 valence electrons. The van der Waals surface area contributed by atoms with Crippen molar-refractivity contribution >= 4 is 65.4 Å². The zero-order valence-electron chi connectivity index (χ0n) is 31.0. The monoisotopic (exact) mass is 725 g/mol. The Balaban J connectivity index is 1.15. The fourth-order valence-corrected chi connectivity index (χ4v) is 9.37. The van der Waals surface area contributed by atoms with E-state index in [2.05, 4.69) is 226 Å². The van der Waals surface area contributed by atoms with E-state index in [1.54, 1.807) is 0 Å². The second-order valence-electron chi connectivity index (χ2n) is 14.9. The maximum Gasteiger partial charge on any atom is 0.0783 e. The molecule has 0 aliphatic carbocycles. The largest absolute Gasteiger partial charge is 0.307 e. The van der Waals surface area contributed by atoms with Crippen molar-refractivity contribution in [2.24, 2.45) is 0 Å². The number of benzene rings is 9. The standard InChI is InChI=1S/C54H35N3/c1-2-15-36(16-3-1)37-31-33-38(34-32-37)39-17-12-18-40(35-39)55-47-25-8-6-21-43(47)45-23-14-30-52(53(45)55)57-50-28-11-7-22-44(50)46-24-13-29-51(54(46)57)56-48-26-9-4-19-41(48)42-20-5-10-27-49(42)56/h1-35H. The van der Waals surface area contributed by atoms with Gasteiger partial charge >= 0.3 is 0 Å². The van der Waals surface area contributed by atoms with E-state index in [0.29, 0.717) is 0 Å². The Morgan fingerprint density at radius 3 is 1.18 bits per heavy atom. The molecule has 3 heteroatoms. The zero-order valence-corrected chi connectivity index (χ0v) is 31.0. The van der Waals surface area contributed by atoms with Crippen molar-refractivity contribution in [1.82, 2.24) is 13.7 Å². The number of rotatable bonds is 5. The molecule has 0 radical (unpaired) electrons. The minimum Gasteiger partial charge on any atom is -0.307 e. The molecule has 0 saturated carbocycles. The molecule has 0 bridgehead atoms. The van der Waals surface area contributed by atoms with Crippen LogP contribution in [0, 0.1) is 0 Å². The predicted molar refractivity (Wildman–Crippen MR) is 240 cm³/mol. The Hall–Kier alpha value is -7.62. The third kappa shape index (κ3) is 4.73. The number of nitrogens with zero attached hydrogens (tertiary/aromatic N) is 3. The first-order valence-corrected chi connectivity index (χ1v) is 19.6. The maximum atomic E-state index is 2.52. The fraction of sp³-hybridized carbons (Fsp3) is 0. The number of para-hydroxylation sites is 6. The summed E-state index contributed by atoms with van der Waals surface area (Å²) in [5.74, 6) is 0. The molecule has 0 amide bonds. The van der Waals surface area contributed by atoms with Crippen molar-refractivity contribution in [2.75, 3.05) is 0 Å². The maximum absolute atomic E-state index is 2.52. The van der Waals surface area contributed by atoms with Crippen molar-refractivity contribution in [1.29, 1.82) is 0 Å². The van der Waals surface area contributed by atoms with Crippen LogP contribution in [0.3, 0.4) is 0 Å². The highest BCUT2D eigenvalue weighted by Crippen LogP contribution is 2.43. The van der Waals surface area contributed by atoms with Crippen LogP contribution >= 0.6 is 0 Å². The molecule has 3 nitrogen and oxygen atoms in total. The molecule has 3 aromatic heterocycles. The molecule has 0 atom stereocenters. The van der Waals surface area contributed by atoms with Gasteiger partial charge < -0.3 is 13.7 Å². The van der Waals surface area contributed by atoms with Crippen LogP contribution in [0.1, 0.15) is 0 Å². The van der Waals surface area contributed by atoms with Gasteiger partial charge in [-0.2, -0.15) is 0 Å². The van der Waals surface area contributed by atoms with E-state index in [1.807, 2.05) is 0 Å². The van der Waals surface area contributed by atoms with E-state index in [1.165, 1.54) is 87.7 Å². The summed E-state index contributed by atoms with van der Waals surface area (Å²) in [6.45, 7) is 0. The SMILES string of the molecule is c1ccc(-c2ccc(-c3cccc(-n4c5ccccc5c5cccc(-n6c7ccccc7c7cccc(-n8c9ccccc9c9ccccc98)c76)c54)c3)cc2)cc1. The van der Waals surface area contributed by atoms with Gasteiger partial charge in [0.15, 0.2) is 0 Å². The molecular weight excluding hydrogens is 691 g/mol. The van der Waals surface area contributed by atoms with E-state index in [9.17, 15) is 0 Å². The number of fused-ring (bicyclic) bond motifs is 9. The van der Waals surface area contributed by atoms with Gasteiger partial charge in [-0.25, -0.2) is 0 Å². The van der Waals surface area contributed by atoms with Gasteiger partial charge in [-0.05, 0) is 70.8 Å². The van der Waals surface area contributed by atoms with Gasteiger partial charge in [0.25, 0.3) is 0 Å². The van der Waals surface area contributed by atoms with Crippen LogP contribution in [-0.4, -0.2) is 13.7 Å². The summed E-state index contributed by atoms with van der Waals surface area (Å²) in [5.41, 5.74) is 15.3. The molecule has 9 aromatic carbocycles. The van der Waals surface area contributed by atoms with Crippen LogP contribution in [0.4, 0.5) is 0 Å². The van der Waals surface area contributed by atoms with Crippen LogP contribution in [0.5, 0.6) is 0 Å². The summed E-state index contributed by atoms with van der Waals surface area (Å²) < 4.78 is 7.46. The summed E-state index contributed by atoms with van der Waals surface area (Å²) in [6, 6.07) is 77.4. The highest BCUT2D eigenvalue weighted by Gasteiger charge is 2.23. The van der Waals surface area contributed by atoms with Gasteiger partial charge in [-0.1, -0.05) is 164 Å². The van der Waals surface area contributed by atoms with E-state index in [0.717, 1.165) is 17.1 Å². The van der Waals surface area contributed by atoms with E-state index < -0.39 is 0 Å². The van der Waals surface area contributed by atoms with Gasteiger partial charge in [0.2, 0.25) is 0 Å². The Labute approximate surface area is 329 Å². The lowest BCUT2D eigenvalue weighted by atomic mass is 10.00. The van der Waals surface area contributed by atoms with Crippen LogP contribution in [0.15, 0.2) is 212 Å². The highest BCUT2D eigenvalue weighted by molar-refractivity contribution is 6.17. The highest BCUT2D eigenvalue weighted by atomic mass is 15.1. The van der Waals surface area contributed by atoms with Crippen molar-refractivity contribution in [3.63, 3.8) is 0 Å². The zero-order chi connectivity index (χ0) is 37.5. The molecule has 12 aromatic rings. The first kappa shape index (κ1) is 31.7. The van der Waals surface area contributed by atoms with Gasteiger partial charge in [0.05, 0.1) is 44.5 Å². The lowest BCUT2D eigenvalue weighted by molar-refractivity contribution is 1.11. The van der Waals surface area contributed by atoms with Gasteiger partial charge in [0, 0.05) is 38.0 Å². The van der Waals surface area contributed by atoms with Crippen molar-refractivity contribution in [3.05, 3.63) is 212 Å².